The third kappa shape index (κ3) is 4.96. The number of imide groups is 2. The van der Waals surface area contributed by atoms with Gasteiger partial charge in [0, 0.05) is 32.7 Å². The van der Waals surface area contributed by atoms with E-state index in [0.717, 1.165) is 21.4 Å². The first-order valence-corrected chi connectivity index (χ1v) is 12.2. The van der Waals surface area contributed by atoms with Crippen LogP contribution in [0.25, 0.3) is 17.0 Å². The number of nitrogens with one attached hydrogen (secondary N) is 1. The van der Waals surface area contributed by atoms with Gasteiger partial charge in [0.25, 0.3) is 11.8 Å². The molecule has 0 spiro atoms. The summed E-state index contributed by atoms with van der Waals surface area (Å²) in [6.07, 6.45) is 3.36. The Kier molecular flexibility index (Phi) is 6.74. The van der Waals surface area contributed by atoms with E-state index >= 15 is 0 Å². The Balaban J connectivity index is 1.45. The van der Waals surface area contributed by atoms with Gasteiger partial charge in [-0.15, -0.1) is 0 Å². The third-order valence-corrected chi connectivity index (χ3v) is 6.71. The topological polar surface area (TPSA) is 80.6 Å². The van der Waals surface area contributed by atoms with Crippen molar-refractivity contribution in [1.29, 1.82) is 0 Å². The molecule has 3 aromatic carbocycles. The fourth-order valence-electron chi connectivity index (χ4n) is 4.14. The summed E-state index contributed by atoms with van der Waals surface area (Å²) in [7, 11) is 0. The smallest absolute Gasteiger partial charge is 0.335 e. The second-order valence-electron chi connectivity index (χ2n) is 8.49. The number of urea groups is 1. The molecular weight excluding hydrogens is 513 g/mol. The average molecular weight is 534 g/mol. The van der Waals surface area contributed by atoms with E-state index in [-0.39, 0.29) is 11.3 Å². The minimum atomic E-state index is -0.825. The molecule has 0 aliphatic carbocycles. The molecule has 0 bridgehead atoms. The molecule has 4 amide bonds. The fourth-order valence-corrected chi connectivity index (χ4v) is 4.44. The van der Waals surface area contributed by atoms with E-state index < -0.39 is 17.8 Å². The second kappa shape index (κ2) is 10.1. The van der Waals surface area contributed by atoms with E-state index in [1.54, 1.807) is 36.4 Å². The Morgan fingerprint density at radius 1 is 0.973 bits per heavy atom. The van der Waals surface area contributed by atoms with Gasteiger partial charge in [0.05, 0.1) is 12.2 Å². The number of hydrogen-bond acceptors (Lipinski definition) is 4. The van der Waals surface area contributed by atoms with Crippen LogP contribution in [-0.2, 0) is 16.1 Å². The minimum Gasteiger partial charge on any atom is -0.492 e. The summed E-state index contributed by atoms with van der Waals surface area (Å²) in [6.45, 7) is 2.74. The van der Waals surface area contributed by atoms with Crippen LogP contribution in [0, 0.1) is 6.92 Å². The van der Waals surface area contributed by atoms with E-state index in [9.17, 15) is 14.4 Å². The van der Waals surface area contributed by atoms with Gasteiger partial charge in [-0.25, -0.2) is 9.69 Å². The molecule has 7 nitrogen and oxygen atoms in total. The van der Waals surface area contributed by atoms with E-state index in [1.165, 1.54) is 12.1 Å². The SMILES string of the molecule is Cc1ccc(N2C(=O)NC(=O)C(=Cc3cn(CCOc4ccc(Cl)cc4)c4ccccc34)C2=O)cc1Cl. The van der Waals surface area contributed by atoms with Crippen molar-refractivity contribution in [3.05, 3.63) is 99.7 Å². The molecule has 0 atom stereocenters. The van der Waals surface area contributed by atoms with Gasteiger partial charge >= 0.3 is 6.03 Å². The van der Waals surface area contributed by atoms with Gasteiger partial charge in [0.2, 0.25) is 0 Å². The number of carbonyl (C=O) groups is 3. The molecule has 9 heteroatoms. The number of fused-ring (bicyclic) bond motifs is 1. The van der Waals surface area contributed by atoms with Crippen LogP contribution >= 0.6 is 23.2 Å². The van der Waals surface area contributed by atoms with Crippen molar-refractivity contribution in [3.63, 3.8) is 0 Å². The predicted octanol–water partition coefficient (Wildman–Crippen LogP) is 6.00. The highest BCUT2D eigenvalue weighted by Crippen LogP contribution is 2.29. The van der Waals surface area contributed by atoms with Gasteiger partial charge in [0.1, 0.15) is 17.9 Å². The van der Waals surface area contributed by atoms with Gasteiger partial charge in [-0.2, -0.15) is 0 Å². The lowest BCUT2D eigenvalue weighted by molar-refractivity contribution is -0.122. The molecule has 1 aliphatic rings. The lowest BCUT2D eigenvalue weighted by atomic mass is 10.1. The number of nitrogens with zero attached hydrogens (tertiary/aromatic N) is 2. The maximum Gasteiger partial charge on any atom is 0.335 e. The lowest BCUT2D eigenvalue weighted by Crippen LogP contribution is -2.54. The standard InChI is InChI=1S/C28H21Cl2N3O4/c1-17-6-9-20(15-24(17)30)33-27(35)23(26(34)31-28(33)36)14-18-16-32(25-5-3-2-4-22(18)25)12-13-37-21-10-7-19(29)8-11-21/h2-11,14-16H,12-13H2,1H3,(H,31,34,36). The summed E-state index contributed by atoms with van der Waals surface area (Å²) in [4.78, 5) is 39.5. The van der Waals surface area contributed by atoms with Crippen LogP contribution < -0.4 is 15.0 Å². The van der Waals surface area contributed by atoms with E-state index in [0.29, 0.717) is 34.5 Å². The highest BCUT2D eigenvalue weighted by molar-refractivity contribution is 6.39. The molecule has 1 aromatic heterocycles. The molecule has 2 heterocycles. The first kappa shape index (κ1) is 24.6. The Labute approximate surface area is 222 Å². The number of anilines is 1. The summed E-state index contributed by atoms with van der Waals surface area (Å²) in [6, 6.07) is 18.8. The molecule has 0 radical (unpaired) electrons. The lowest BCUT2D eigenvalue weighted by Gasteiger charge is -2.26. The number of hydrogen-bond donors (Lipinski definition) is 1. The molecule has 1 fully saturated rings. The van der Waals surface area contributed by atoms with Gasteiger partial charge in [-0.1, -0.05) is 47.5 Å². The summed E-state index contributed by atoms with van der Waals surface area (Å²) < 4.78 is 7.82. The van der Waals surface area contributed by atoms with Crippen molar-refractivity contribution in [2.75, 3.05) is 11.5 Å². The molecular formula is C28H21Cl2N3O4. The zero-order valence-corrected chi connectivity index (χ0v) is 21.2. The Bertz CT molecular complexity index is 1570. The maximum atomic E-state index is 13.3. The predicted molar refractivity (Wildman–Crippen MR) is 144 cm³/mol. The van der Waals surface area contributed by atoms with Gasteiger partial charge in [0.15, 0.2) is 0 Å². The number of aromatic nitrogens is 1. The zero-order valence-electron chi connectivity index (χ0n) is 19.7. The van der Waals surface area contributed by atoms with Gasteiger partial charge in [-0.3, -0.25) is 14.9 Å². The Morgan fingerprint density at radius 2 is 1.73 bits per heavy atom. The maximum absolute atomic E-state index is 13.3. The molecule has 186 valence electrons. The first-order valence-electron chi connectivity index (χ1n) is 11.5. The van der Waals surface area contributed by atoms with Crippen LogP contribution in [0.2, 0.25) is 10.0 Å². The molecule has 1 aliphatic heterocycles. The number of para-hydroxylation sites is 1. The van der Waals surface area contributed by atoms with Crippen LogP contribution in [0.15, 0.2) is 78.5 Å². The number of halogens is 2. The highest BCUT2D eigenvalue weighted by atomic mass is 35.5. The highest BCUT2D eigenvalue weighted by Gasteiger charge is 2.37. The number of aryl methyl sites for hydroxylation is 1. The zero-order chi connectivity index (χ0) is 26.1. The monoisotopic (exact) mass is 533 g/mol. The summed E-state index contributed by atoms with van der Waals surface area (Å²) in [5.74, 6) is -0.780. The molecule has 1 saturated heterocycles. The van der Waals surface area contributed by atoms with Crippen LogP contribution in [0.4, 0.5) is 10.5 Å². The van der Waals surface area contributed by atoms with E-state index in [1.807, 2.05) is 42.0 Å². The summed E-state index contributed by atoms with van der Waals surface area (Å²) >= 11 is 12.1. The van der Waals surface area contributed by atoms with Crippen molar-refractivity contribution in [1.82, 2.24) is 9.88 Å². The third-order valence-electron chi connectivity index (χ3n) is 6.05. The Morgan fingerprint density at radius 3 is 2.49 bits per heavy atom. The molecule has 0 unspecified atom stereocenters. The van der Waals surface area contributed by atoms with Gasteiger partial charge < -0.3 is 9.30 Å². The number of rotatable bonds is 6. The number of ether oxygens (including phenoxy) is 1. The number of benzene rings is 3. The van der Waals surface area contributed by atoms with Crippen LogP contribution in [-0.4, -0.2) is 29.0 Å². The minimum absolute atomic E-state index is 0.156. The van der Waals surface area contributed by atoms with Crippen molar-refractivity contribution >= 4 is 63.7 Å². The number of carbonyl (C=O) groups excluding carboxylic acids is 3. The van der Waals surface area contributed by atoms with Crippen molar-refractivity contribution in [3.8, 4) is 5.75 Å². The largest absolute Gasteiger partial charge is 0.492 e. The number of amides is 4. The first-order chi connectivity index (χ1) is 17.8. The number of barbiturate groups is 1. The molecule has 4 aromatic rings. The van der Waals surface area contributed by atoms with Crippen LogP contribution in [0.5, 0.6) is 5.75 Å². The normalized spacial score (nSPS) is 14.9. The van der Waals surface area contributed by atoms with E-state index in [4.69, 9.17) is 27.9 Å². The molecule has 5 rings (SSSR count). The summed E-state index contributed by atoms with van der Waals surface area (Å²) in [5.41, 5.74) is 2.50. The molecule has 0 saturated carbocycles. The van der Waals surface area contributed by atoms with Crippen molar-refractivity contribution in [2.45, 2.75) is 13.5 Å². The van der Waals surface area contributed by atoms with Gasteiger partial charge in [-0.05, 0) is 61.0 Å². The fraction of sp³-hybridized carbons (Fsp3) is 0.107. The second-order valence-corrected chi connectivity index (χ2v) is 9.33. The van der Waals surface area contributed by atoms with Crippen molar-refractivity contribution in [2.24, 2.45) is 0 Å². The molecule has 1 N–H and O–H groups in total. The van der Waals surface area contributed by atoms with Crippen LogP contribution in [0.3, 0.4) is 0 Å². The molecule has 37 heavy (non-hydrogen) atoms. The van der Waals surface area contributed by atoms with Crippen molar-refractivity contribution < 1.29 is 19.1 Å². The van der Waals surface area contributed by atoms with E-state index in [2.05, 4.69) is 5.32 Å². The summed E-state index contributed by atoms with van der Waals surface area (Å²) in [5, 5.41) is 4.14. The van der Waals surface area contributed by atoms with Crippen LogP contribution in [0.1, 0.15) is 11.1 Å². The Hall–Kier alpha value is -4.07. The quantitative estimate of drug-likeness (QED) is 0.243. The average Bonchev–Trinajstić information content (AvgIpc) is 3.22.